The molecular weight excluding hydrogens is 320 g/mol. The average Bonchev–Trinajstić information content (AvgIpc) is 2.44. The third-order valence-electron chi connectivity index (χ3n) is 3.71. The summed E-state index contributed by atoms with van der Waals surface area (Å²) in [6.07, 6.45) is 5.21. The molecule has 20 heavy (non-hydrogen) atoms. The van der Waals surface area contributed by atoms with Crippen LogP contribution in [0.4, 0.5) is 5.69 Å². The molecular formula is C14H23BrN4O. The van der Waals surface area contributed by atoms with E-state index in [9.17, 15) is 4.79 Å². The Labute approximate surface area is 128 Å². The molecule has 0 radical (unpaired) electrons. The first kappa shape index (κ1) is 15.5. The maximum Gasteiger partial charge on any atom is 0.283 e. The summed E-state index contributed by atoms with van der Waals surface area (Å²) in [6, 6.07) is 0.308. The molecule has 2 heterocycles. The van der Waals surface area contributed by atoms with Crippen molar-refractivity contribution < 1.29 is 0 Å². The van der Waals surface area contributed by atoms with Gasteiger partial charge in [-0.25, -0.2) is 4.68 Å². The van der Waals surface area contributed by atoms with Crippen molar-refractivity contribution in [1.29, 1.82) is 0 Å². The summed E-state index contributed by atoms with van der Waals surface area (Å²) in [7, 11) is 0. The van der Waals surface area contributed by atoms with Crippen LogP contribution in [-0.2, 0) is 6.54 Å². The highest BCUT2D eigenvalue weighted by molar-refractivity contribution is 9.10. The molecule has 0 saturated carbocycles. The summed E-state index contributed by atoms with van der Waals surface area (Å²) in [5.74, 6) is 0.393. The van der Waals surface area contributed by atoms with Crippen molar-refractivity contribution in [3.05, 3.63) is 21.0 Å². The number of rotatable bonds is 4. The van der Waals surface area contributed by atoms with E-state index in [0.29, 0.717) is 29.5 Å². The van der Waals surface area contributed by atoms with Crippen molar-refractivity contribution in [2.45, 2.75) is 45.7 Å². The zero-order valence-electron chi connectivity index (χ0n) is 12.2. The smallest absolute Gasteiger partial charge is 0.283 e. The molecule has 1 aliphatic rings. The monoisotopic (exact) mass is 342 g/mol. The van der Waals surface area contributed by atoms with Crippen molar-refractivity contribution in [2.24, 2.45) is 11.7 Å². The van der Waals surface area contributed by atoms with Crippen LogP contribution in [0.3, 0.4) is 0 Å². The van der Waals surface area contributed by atoms with Crippen molar-refractivity contribution in [3.8, 4) is 0 Å². The Balaban J connectivity index is 2.33. The van der Waals surface area contributed by atoms with Gasteiger partial charge in [-0.1, -0.05) is 13.8 Å². The number of nitrogens with zero attached hydrogens (tertiary/aromatic N) is 3. The number of halogens is 1. The summed E-state index contributed by atoms with van der Waals surface area (Å²) in [4.78, 5) is 14.6. The molecule has 112 valence electrons. The summed E-state index contributed by atoms with van der Waals surface area (Å²) in [6.45, 7) is 6.34. The number of hydrogen-bond donors (Lipinski definition) is 1. The summed E-state index contributed by atoms with van der Waals surface area (Å²) < 4.78 is 2.13. The van der Waals surface area contributed by atoms with Gasteiger partial charge in [0.05, 0.1) is 11.9 Å². The molecule has 2 N–H and O–H groups in total. The van der Waals surface area contributed by atoms with Crippen LogP contribution in [0.1, 0.15) is 33.1 Å². The third-order valence-corrected chi connectivity index (χ3v) is 4.46. The highest BCUT2D eigenvalue weighted by Gasteiger charge is 2.24. The lowest BCUT2D eigenvalue weighted by Crippen LogP contribution is -2.45. The number of piperidine rings is 1. The fourth-order valence-corrected chi connectivity index (χ4v) is 3.23. The van der Waals surface area contributed by atoms with E-state index in [0.717, 1.165) is 25.1 Å². The van der Waals surface area contributed by atoms with Crippen LogP contribution in [0, 0.1) is 5.92 Å². The summed E-state index contributed by atoms with van der Waals surface area (Å²) >= 11 is 3.46. The van der Waals surface area contributed by atoms with Crippen LogP contribution in [-0.4, -0.2) is 28.9 Å². The Morgan fingerprint density at radius 2 is 2.25 bits per heavy atom. The van der Waals surface area contributed by atoms with Crippen LogP contribution in [0.15, 0.2) is 15.5 Å². The average molecular weight is 343 g/mol. The maximum absolute atomic E-state index is 12.4. The van der Waals surface area contributed by atoms with E-state index in [4.69, 9.17) is 5.73 Å². The van der Waals surface area contributed by atoms with E-state index < -0.39 is 0 Å². The molecule has 1 saturated heterocycles. The topological polar surface area (TPSA) is 64.2 Å². The Kier molecular flexibility index (Phi) is 5.21. The first-order valence-electron chi connectivity index (χ1n) is 7.27. The predicted molar refractivity (Wildman–Crippen MR) is 85.1 cm³/mol. The molecule has 0 aromatic carbocycles. The van der Waals surface area contributed by atoms with Gasteiger partial charge in [0.25, 0.3) is 5.56 Å². The van der Waals surface area contributed by atoms with Crippen LogP contribution in [0.25, 0.3) is 0 Å². The molecule has 0 spiro atoms. The third kappa shape index (κ3) is 3.23. The lowest BCUT2D eigenvalue weighted by Gasteiger charge is -2.37. The Morgan fingerprint density at radius 3 is 2.90 bits per heavy atom. The summed E-state index contributed by atoms with van der Waals surface area (Å²) in [5, 5.41) is 4.31. The van der Waals surface area contributed by atoms with Gasteiger partial charge in [-0.05, 0) is 41.1 Å². The molecule has 1 aliphatic heterocycles. The second-order valence-corrected chi connectivity index (χ2v) is 6.60. The summed E-state index contributed by atoms with van der Waals surface area (Å²) in [5.41, 5.74) is 6.68. The van der Waals surface area contributed by atoms with Crippen molar-refractivity contribution >= 4 is 21.6 Å². The number of aromatic nitrogens is 2. The van der Waals surface area contributed by atoms with Crippen molar-refractivity contribution in [1.82, 2.24) is 9.78 Å². The van der Waals surface area contributed by atoms with Gasteiger partial charge in [-0.15, -0.1) is 0 Å². The lowest BCUT2D eigenvalue weighted by molar-refractivity contribution is 0.450. The minimum absolute atomic E-state index is 0.0578. The van der Waals surface area contributed by atoms with E-state index in [1.54, 1.807) is 6.20 Å². The predicted octanol–water partition coefficient (Wildman–Crippen LogP) is 1.98. The second kappa shape index (κ2) is 6.72. The minimum atomic E-state index is -0.0578. The van der Waals surface area contributed by atoms with Crippen LogP contribution in [0.5, 0.6) is 0 Å². The molecule has 1 aromatic heterocycles. The van der Waals surface area contributed by atoms with Gasteiger partial charge in [-0.2, -0.15) is 5.10 Å². The zero-order chi connectivity index (χ0) is 14.7. The van der Waals surface area contributed by atoms with Crippen LogP contribution >= 0.6 is 15.9 Å². The normalized spacial score (nSPS) is 19.6. The van der Waals surface area contributed by atoms with Gasteiger partial charge in [0.1, 0.15) is 4.47 Å². The van der Waals surface area contributed by atoms with E-state index in [1.165, 1.54) is 11.1 Å². The first-order chi connectivity index (χ1) is 9.54. The van der Waals surface area contributed by atoms with Crippen LogP contribution in [0.2, 0.25) is 0 Å². The molecule has 0 aliphatic carbocycles. The number of hydrogen-bond acceptors (Lipinski definition) is 4. The molecule has 6 heteroatoms. The van der Waals surface area contributed by atoms with E-state index >= 15 is 0 Å². The molecule has 1 fully saturated rings. The minimum Gasteiger partial charge on any atom is -0.365 e. The highest BCUT2D eigenvalue weighted by atomic mass is 79.9. The molecule has 2 rings (SSSR count). The molecule has 1 aromatic rings. The number of anilines is 1. The zero-order valence-corrected chi connectivity index (χ0v) is 13.8. The SMILES string of the molecule is CC(C)Cn1ncc(N2CCCCC2CN)c(Br)c1=O. The maximum atomic E-state index is 12.4. The quantitative estimate of drug-likeness (QED) is 0.908. The molecule has 0 amide bonds. The Morgan fingerprint density at radius 1 is 1.50 bits per heavy atom. The Hall–Kier alpha value is -0.880. The van der Waals surface area contributed by atoms with Gasteiger partial charge < -0.3 is 10.6 Å². The fraction of sp³-hybridized carbons (Fsp3) is 0.714. The number of nitrogens with two attached hydrogens (primary N) is 1. The van der Waals surface area contributed by atoms with Gasteiger partial charge in [0.2, 0.25) is 0 Å². The van der Waals surface area contributed by atoms with Gasteiger partial charge in [0.15, 0.2) is 0 Å². The standard InChI is InChI=1S/C14H23BrN4O/c1-10(2)9-19-14(20)13(15)12(8-17-19)18-6-4-3-5-11(18)7-16/h8,10-11H,3-7,9,16H2,1-2H3. The molecule has 0 bridgehead atoms. The van der Waals surface area contributed by atoms with Crippen molar-refractivity contribution in [3.63, 3.8) is 0 Å². The Bertz CT molecular complexity index is 514. The fourth-order valence-electron chi connectivity index (χ4n) is 2.70. The second-order valence-electron chi connectivity index (χ2n) is 5.80. The van der Waals surface area contributed by atoms with E-state index in [1.807, 2.05) is 0 Å². The van der Waals surface area contributed by atoms with Gasteiger partial charge >= 0.3 is 0 Å². The largest absolute Gasteiger partial charge is 0.365 e. The van der Waals surface area contributed by atoms with Gasteiger partial charge in [-0.3, -0.25) is 4.79 Å². The van der Waals surface area contributed by atoms with E-state index in [2.05, 4.69) is 39.8 Å². The lowest BCUT2D eigenvalue weighted by atomic mass is 10.0. The molecule has 5 nitrogen and oxygen atoms in total. The van der Waals surface area contributed by atoms with Crippen molar-refractivity contribution in [2.75, 3.05) is 18.0 Å². The van der Waals surface area contributed by atoms with Crippen LogP contribution < -0.4 is 16.2 Å². The molecule has 1 atom stereocenters. The first-order valence-corrected chi connectivity index (χ1v) is 8.06. The van der Waals surface area contributed by atoms with Gasteiger partial charge in [0, 0.05) is 25.7 Å². The highest BCUT2D eigenvalue weighted by Crippen LogP contribution is 2.28. The molecule has 1 unspecified atom stereocenters. The van der Waals surface area contributed by atoms with E-state index in [-0.39, 0.29) is 5.56 Å².